The molecule has 2 fully saturated rings. The minimum atomic E-state index is -1.17. The summed E-state index contributed by atoms with van der Waals surface area (Å²) >= 11 is 0. The topological polar surface area (TPSA) is 277 Å². The van der Waals surface area contributed by atoms with Gasteiger partial charge < -0.3 is 53.8 Å². The second-order valence-electron chi connectivity index (χ2n) is 14.5. The Bertz CT molecular complexity index is 1980. The van der Waals surface area contributed by atoms with Crippen molar-refractivity contribution in [2.75, 3.05) is 26.7 Å². The van der Waals surface area contributed by atoms with E-state index in [1.807, 2.05) is 42.5 Å². The number of likely N-dealkylation sites (N-methyl/N-ethyl adjacent to an activating group) is 1. The Labute approximate surface area is 331 Å². The summed E-state index contributed by atoms with van der Waals surface area (Å²) in [4.78, 5) is 82.6. The highest BCUT2D eigenvalue weighted by Crippen LogP contribution is 2.23. The summed E-state index contributed by atoms with van der Waals surface area (Å²) in [5.41, 5.74) is 23.6. The van der Waals surface area contributed by atoms with Gasteiger partial charge in [-0.2, -0.15) is 0 Å². The normalized spacial score (nSPS) is 22.1. The molecule has 5 atom stereocenters. The third-order valence-corrected chi connectivity index (χ3v) is 10.3. The summed E-state index contributed by atoms with van der Waals surface area (Å²) in [5.74, 6) is -3.08. The van der Waals surface area contributed by atoms with E-state index in [1.54, 1.807) is 12.1 Å². The first-order valence-electron chi connectivity index (χ1n) is 19.2. The number of fused-ring (bicyclic) bond motifs is 2. The molecule has 3 aromatic rings. The van der Waals surface area contributed by atoms with Crippen LogP contribution in [-0.4, -0.2) is 113 Å². The van der Waals surface area contributed by atoms with Crippen LogP contribution in [0.15, 0.2) is 76.7 Å². The largest absolute Gasteiger partial charge is 0.508 e. The fraction of sp³-hybridized carbons (Fsp3) is 0.425. The van der Waals surface area contributed by atoms with Crippen LogP contribution in [0, 0.1) is 0 Å². The van der Waals surface area contributed by atoms with Gasteiger partial charge in [0.25, 0.3) is 0 Å². The molecule has 0 radical (unpaired) electrons. The van der Waals surface area contributed by atoms with Crippen molar-refractivity contribution in [1.29, 1.82) is 0 Å². The number of hydrogen-bond donors (Lipinski definition) is 8. The fourth-order valence-electron chi connectivity index (χ4n) is 7.34. The lowest BCUT2D eigenvalue weighted by atomic mass is 9.99. The van der Waals surface area contributed by atoms with Gasteiger partial charge in [0.15, 0.2) is 11.9 Å². The van der Waals surface area contributed by atoms with Crippen molar-refractivity contribution in [3.8, 4) is 5.75 Å². The third kappa shape index (κ3) is 11.3. The van der Waals surface area contributed by atoms with Crippen LogP contribution in [0.25, 0.3) is 10.8 Å². The van der Waals surface area contributed by atoms with Crippen LogP contribution in [-0.2, 0) is 36.8 Å². The smallest absolute Gasteiger partial charge is 0.246 e. The zero-order valence-electron chi connectivity index (χ0n) is 32.1. The van der Waals surface area contributed by atoms with Crippen LogP contribution in [0.1, 0.15) is 49.7 Å². The van der Waals surface area contributed by atoms with Gasteiger partial charge in [-0.05, 0) is 72.6 Å². The maximum atomic E-state index is 14.6. The molecule has 12 N–H and O–H groups in total. The second-order valence-corrected chi connectivity index (χ2v) is 14.5. The maximum absolute atomic E-state index is 14.6. The van der Waals surface area contributed by atoms with Crippen molar-refractivity contribution in [3.05, 3.63) is 77.9 Å². The van der Waals surface area contributed by atoms with Gasteiger partial charge in [-0.3, -0.25) is 34.0 Å². The number of aliphatic imine (C=N–C) groups is 2. The Kier molecular flexibility index (Phi) is 14.3. The van der Waals surface area contributed by atoms with Gasteiger partial charge in [0, 0.05) is 39.5 Å². The van der Waals surface area contributed by atoms with Gasteiger partial charge in [0.05, 0.1) is 0 Å². The molecule has 3 aromatic carbocycles. The highest BCUT2D eigenvalue weighted by molar-refractivity contribution is 5.98. The summed E-state index contributed by atoms with van der Waals surface area (Å²) in [5, 5.41) is 20.5. The molecular weight excluding hydrogens is 731 g/mol. The van der Waals surface area contributed by atoms with Crippen molar-refractivity contribution >= 4 is 52.2 Å². The van der Waals surface area contributed by atoms with Crippen molar-refractivity contribution in [3.63, 3.8) is 0 Å². The van der Waals surface area contributed by atoms with Gasteiger partial charge in [-0.1, -0.05) is 54.6 Å². The summed E-state index contributed by atoms with van der Waals surface area (Å²) in [6.45, 7) is 0.598. The minimum Gasteiger partial charge on any atom is -0.508 e. The molecule has 2 aliphatic heterocycles. The lowest BCUT2D eigenvalue weighted by Crippen LogP contribution is -2.58. The molecule has 17 heteroatoms. The first-order valence-corrected chi connectivity index (χ1v) is 19.2. The van der Waals surface area contributed by atoms with Gasteiger partial charge in [0.1, 0.15) is 36.0 Å². The predicted octanol–water partition coefficient (Wildman–Crippen LogP) is -0.276. The molecule has 17 nitrogen and oxygen atoms in total. The number of phenols is 1. The molecule has 304 valence electrons. The Morgan fingerprint density at radius 1 is 0.702 bits per heavy atom. The second kappa shape index (κ2) is 19.5. The predicted molar refractivity (Wildman–Crippen MR) is 216 cm³/mol. The molecule has 0 aromatic heterocycles. The number of carbonyl (C=O) groups excluding carboxylic acids is 5. The number of aromatic hydroxyl groups is 1. The summed E-state index contributed by atoms with van der Waals surface area (Å²) < 4.78 is 0. The zero-order valence-corrected chi connectivity index (χ0v) is 32.1. The highest BCUT2D eigenvalue weighted by Gasteiger charge is 2.41. The Morgan fingerprint density at radius 2 is 1.30 bits per heavy atom. The lowest BCUT2D eigenvalue weighted by molar-refractivity contribution is -0.144. The molecule has 5 amide bonds. The average molecular weight is 784 g/mol. The van der Waals surface area contributed by atoms with Gasteiger partial charge in [0.2, 0.25) is 29.5 Å². The number of nitrogens with two attached hydrogens (primary N) is 4. The van der Waals surface area contributed by atoms with Crippen LogP contribution in [0.2, 0.25) is 0 Å². The SMILES string of the molecule is CN1C(=O)[C@H](CCCN=C(N)N)NC(=O)[C@@H](Cc2ccc(O)cc2)NC(=O)[C@@H]2CCCN2C(=O)[C@H](Cc2ccc3ccccc3c2)NC(=O)[C@@H]1CCCN=C(N)N. The number of nitrogens with one attached hydrogen (secondary N) is 3. The lowest BCUT2D eigenvalue weighted by Gasteiger charge is -2.33. The fourth-order valence-corrected chi connectivity index (χ4v) is 7.34. The van der Waals surface area contributed by atoms with E-state index in [0.717, 1.165) is 16.3 Å². The average Bonchev–Trinajstić information content (AvgIpc) is 3.68. The van der Waals surface area contributed by atoms with E-state index in [9.17, 15) is 29.1 Å². The number of guanidine groups is 2. The summed E-state index contributed by atoms with van der Waals surface area (Å²) in [6, 6.07) is 14.3. The van der Waals surface area contributed by atoms with Crippen LogP contribution in [0.5, 0.6) is 5.75 Å². The third-order valence-electron chi connectivity index (χ3n) is 10.3. The van der Waals surface area contributed by atoms with Crippen molar-refractivity contribution in [2.45, 2.75) is 81.6 Å². The summed E-state index contributed by atoms with van der Waals surface area (Å²) in [6.07, 6.45) is 1.79. The molecule has 2 heterocycles. The van der Waals surface area contributed by atoms with Gasteiger partial charge in [-0.25, -0.2) is 0 Å². The van der Waals surface area contributed by atoms with E-state index < -0.39 is 59.7 Å². The number of rotatable bonds is 12. The van der Waals surface area contributed by atoms with Crippen molar-refractivity contribution < 1.29 is 29.1 Å². The molecule has 0 spiro atoms. The van der Waals surface area contributed by atoms with E-state index in [1.165, 1.54) is 29.0 Å². The number of benzene rings is 3. The van der Waals surface area contributed by atoms with E-state index in [2.05, 4.69) is 25.9 Å². The highest BCUT2D eigenvalue weighted by atomic mass is 16.3. The van der Waals surface area contributed by atoms with Crippen molar-refractivity contribution in [1.82, 2.24) is 25.8 Å². The molecule has 2 aliphatic rings. The van der Waals surface area contributed by atoms with Crippen LogP contribution in [0.4, 0.5) is 0 Å². The minimum absolute atomic E-state index is 0.0152. The molecule has 0 bridgehead atoms. The monoisotopic (exact) mass is 783 g/mol. The van der Waals surface area contributed by atoms with Gasteiger partial charge in [-0.15, -0.1) is 0 Å². The van der Waals surface area contributed by atoms with Crippen LogP contribution >= 0.6 is 0 Å². The van der Waals surface area contributed by atoms with Crippen LogP contribution < -0.4 is 38.9 Å². The number of hydrogen-bond acceptors (Lipinski definition) is 8. The van der Waals surface area contributed by atoms with E-state index in [0.29, 0.717) is 24.8 Å². The van der Waals surface area contributed by atoms with Gasteiger partial charge >= 0.3 is 0 Å². The van der Waals surface area contributed by atoms with E-state index in [-0.39, 0.29) is 69.4 Å². The molecule has 57 heavy (non-hydrogen) atoms. The Balaban J connectivity index is 1.56. The number of phenolic OH excluding ortho intramolecular Hbond substituents is 1. The number of amides is 5. The quantitative estimate of drug-likeness (QED) is 0.0676. The van der Waals surface area contributed by atoms with Crippen LogP contribution in [0.3, 0.4) is 0 Å². The van der Waals surface area contributed by atoms with E-state index in [4.69, 9.17) is 22.9 Å². The van der Waals surface area contributed by atoms with E-state index >= 15 is 0 Å². The molecule has 2 saturated heterocycles. The first kappa shape index (κ1) is 41.8. The standard InChI is InChI=1S/C40H53N11O6/c1-50-32(10-5-19-46-40(43)44)35(54)49-31(23-25-12-15-26-7-2-3-8-27(26)21-25)38(57)51-20-6-11-33(51)36(55)48-30(22-24-13-16-28(52)17-14-24)34(53)47-29(37(50)56)9-4-18-45-39(41)42/h2-3,7-8,12-17,21,29-33,52H,4-6,9-11,18-20,22-23H2,1H3,(H,47,53)(H,48,55)(H,49,54)(H4,41,42,45)(H4,43,44,46)/t29-,30+,31-,32-,33-/m0/s1. The molecule has 0 saturated carbocycles. The molecule has 5 rings (SSSR count). The Hall–Kier alpha value is -6.39. The Morgan fingerprint density at radius 3 is 1.98 bits per heavy atom. The summed E-state index contributed by atoms with van der Waals surface area (Å²) in [7, 11) is 1.47. The number of nitrogens with zero attached hydrogens (tertiary/aromatic N) is 4. The zero-order chi connectivity index (χ0) is 41.1. The number of carbonyl (C=O) groups is 5. The molecule has 0 unspecified atom stereocenters. The van der Waals surface area contributed by atoms with Crippen molar-refractivity contribution in [2.24, 2.45) is 32.9 Å². The molecule has 0 aliphatic carbocycles. The first-order chi connectivity index (χ1) is 27.3. The molecular formula is C40H53N11O6. The maximum Gasteiger partial charge on any atom is 0.246 e.